The van der Waals surface area contributed by atoms with Crippen molar-refractivity contribution in [2.45, 2.75) is 31.2 Å². The van der Waals surface area contributed by atoms with Crippen LogP contribution < -0.4 is 0 Å². The standard InChI is InChI=1S/C10H14N2O2S2/c13-16(14)4-3-8(6-16)12-10(15)5-9(11-12)7-1-2-7/h5,7-8,11H,1-4,6H2. The molecular weight excluding hydrogens is 244 g/mol. The van der Waals surface area contributed by atoms with Crippen molar-refractivity contribution < 1.29 is 8.42 Å². The van der Waals surface area contributed by atoms with Crippen LogP contribution in [0.25, 0.3) is 0 Å². The molecule has 2 heterocycles. The van der Waals surface area contributed by atoms with E-state index in [-0.39, 0.29) is 17.5 Å². The van der Waals surface area contributed by atoms with Crippen molar-refractivity contribution in [2.24, 2.45) is 0 Å². The summed E-state index contributed by atoms with van der Waals surface area (Å²) in [6, 6.07) is 2.00. The zero-order valence-corrected chi connectivity index (χ0v) is 10.5. The fourth-order valence-corrected chi connectivity index (χ4v) is 4.30. The summed E-state index contributed by atoms with van der Waals surface area (Å²) in [6.45, 7) is 0. The Morgan fingerprint density at radius 2 is 2.12 bits per heavy atom. The Morgan fingerprint density at radius 3 is 2.69 bits per heavy atom. The zero-order valence-electron chi connectivity index (χ0n) is 8.85. The lowest BCUT2D eigenvalue weighted by Crippen LogP contribution is -2.12. The van der Waals surface area contributed by atoms with Crippen LogP contribution in [0.15, 0.2) is 6.07 Å². The van der Waals surface area contributed by atoms with Crippen molar-refractivity contribution in [3.05, 3.63) is 16.4 Å². The molecule has 1 N–H and O–H groups in total. The monoisotopic (exact) mass is 258 g/mol. The van der Waals surface area contributed by atoms with Gasteiger partial charge in [-0.05, 0) is 25.3 Å². The van der Waals surface area contributed by atoms with Crippen LogP contribution in [0.5, 0.6) is 0 Å². The van der Waals surface area contributed by atoms with Gasteiger partial charge in [0.25, 0.3) is 0 Å². The third-order valence-electron chi connectivity index (χ3n) is 3.36. The van der Waals surface area contributed by atoms with Crippen LogP contribution in [0.2, 0.25) is 0 Å². The Hall–Kier alpha value is -0.620. The van der Waals surface area contributed by atoms with E-state index in [2.05, 4.69) is 5.10 Å². The number of aromatic nitrogens is 2. The second-order valence-electron chi connectivity index (χ2n) is 4.75. The van der Waals surface area contributed by atoms with E-state index in [9.17, 15) is 8.42 Å². The molecule has 1 aromatic rings. The summed E-state index contributed by atoms with van der Waals surface area (Å²) in [5.74, 6) is 1.14. The van der Waals surface area contributed by atoms with E-state index >= 15 is 0 Å². The van der Waals surface area contributed by atoms with Crippen LogP contribution in [0.3, 0.4) is 0 Å². The minimum absolute atomic E-state index is 0.0185. The molecule has 1 aromatic heterocycles. The van der Waals surface area contributed by atoms with Crippen LogP contribution in [-0.4, -0.2) is 29.7 Å². The van der Waals surface area contributed by atoms with Gasteiger partial charge >= 0.3 is 0 Å². The third-order valence-corrected chi connectivity index (χ3v) is 5.42. The Morgan fingerprint density at radius 1 is 1.38 bits per heavy atom. The molecule has 1 aliphatic carbocycles. The highest BCUT2D eigenvalue weighted by Gasteiger charge is 2.31. The summed E-state index contributed by atoms with van der Waals surface area (Å²) in [5, 5.41) is 3.27. The van der Waals surface area contributed by atoms with Gasteiger partial charge in [-0.2, -0.15) is 0 Å². The average Bonchev–Trinajstić information content (AvgIpc) is 2.89. The Kier molecular flexibility index (Phi) is 2.26. The molecule has 2 fully saturated rings. The molecule has 1 aliphatic heterocycles. The molecule has 4 nitrogen and oxygen atoms in total. The topological polar surface area (TPSA) is 54.9 Å². The largest absolute Gasteiger partial charge is 0.301 e. The Labute approximate surface area is 99.6 Å². The third kappa shape index (κ3) is 1.84. The number of nitrogens with one attached hydrogen (secondary N) is 1. The maximum Gasteiger partial charge on any atom is 0.152 e. The van der Waals surface area contributed by atoms with E-state index in [1.807, 2.05) is 10.7 Å². The summed E-state index contributed by atoms with van der Waals surface area (Å²) >= 11 is 5.27. The Bertz CT molecular complexity index is 566. The first-order chi connectivity index (χ1) is 7.55. The predicted molar refractivity (Wildman–Crippen MR) is 63.9 cm³/mol. The van der Waals surface area contributed by atoms with Gasteiger partial charge in [0.1, 0.15) is 4.64 Å². The first kappa shape index (κ1) is 10.5. The van der Waals surface area contributed by atoms with Gasteiger partial charge in [-0.1, -0.05) is 12.2 Å². The number of H-pyrrole nitrogens is 1. The number of rotatable bonds is 2. The van der Waals surface area contributed by atoms with Gasteiger partial charge < -0.3 is 5.10 Å². The molecule has 88 valence electrons. The van der Waals surface area contributed by atoms with E-state index in [4.69, 9.17) is 12.2 Å². The first-order valence-corrected chi connectivity index (χ1v) is 7.80. The van der Waals surface area contributed by atoms with E-state index in [0.29, 0.717) is 12.3 Å². The second kappa shape index (κ2) is 3.43. The van der Waals surface area contributed by atoms with Crippen molar-refractivity contribution in [1.82, 2.24) is 9.78 Å². The second-order valence-corrected chi connectivity index (χ2v) is 7.40. The van der Waals surface area contributed by atoms with Gasteiger partial charge in [0.05, 0.1) is 17.5 Å². The van der Waals surface area contributed by atoms with Gasteiger partial charge in [-0.15, -0.1) is 0 Å². The Balaban J connectivity index is 1.92. The summed E-state index contributed by atoms with van der Waals surface area (Å²) in [4.78, 5) is 0. The van der Waals surface area contributed by atoms with Crippen LogP contribution in [-0.2, 0) is 9.84 Å². The number of aromatic amines is 1. The zero-order chi connectivity index (χ0) is 11.3. The van der Waals surface area contributed by atoms with Crippen LogP contribution in [0.1, 0.15) is 36.9 Å². The lowest BCUT2D eigenvalue weighted by molar-refractivity contribution is 0.490. The fraction of sp³-hybridized carbons (Fsp3) is 0.700. The lowest BCUT2D eigenvalue weighted by Gasteiger charge is -2.09. The van der Waals surface area contributed by atoms with E-state index in [0.717, 1.165) is 4.64 Å². The predicted octanol–water partition coefficient (Wildman–Crippen LogP) is 1.78. The molecule has 3 rings (SSSR count). The van der Waals surface area contributed by atoms with E-state index in [1.165, 1.54) is 18.5 Å². The maximum atomic E-state index is 11.4. The minimum Gasteiger partial charge on any atom is -0.301 e. The summed E-state index contributed by atoms with van der Waals surface area (Å²) < 4.78 is 25.4. The summed E-state index contributed by atoms with van der Waals surface area (Å²) in [6.07, 6.45) is 3.12. The molecule has 1 atom stereocenters. The van der Waals surface area contributed by atoms with Crippen LogP contribution in [0, 0.1) is 4.64 Å². The molecular formula is C10H14N2O2S2. The highest BCUT2D eigenvalue weighted by molar-refractivity contribution is 7.91. The maximum absolute atomic E-state index is 11.4. The minimum atomic E-state index is -2.84. The van der Waals surface area contributed by atoms with E-state index < -0.39 is 9.84 Å². The van der Waals surface area contributed by atoms with Crippen molar-refractivity contribution >= 4 is 22.1 Å². The van der Waals surface area contributed by atoms with Crippen molar-refractivity contribution in [1.29, 1.82) is 0 Å². The molecule has 1 unspecified atom stereocenters. The van der Waals surface area contributed by atoms with Gasteiger partial charge in [-0.25, -0.2) is 8.42 Å². The molecule has 6 heteroatoms. The number of hydrogen-bond donors (Lipinski definition) is 1. The molecule has 0 amide bonds. The summed E-state index contributed by atoms with van der Waals surface area (Å²) in [7, 11) is -2.84. The van der Waals surface area contributed by atoms with Gasteiger partial charge in [-0.3, -0.25) is 4.68 Å². The fourth-order valence-electron chi connectivity index (χ4n) is 2.28. The highest BCUT2D eigenvalue weighted by Crippen LogP contribution is 2.39. The molecule has 0 radical (unpaired) electrons. The first-order valence-electron chi connectivity index (χ1n) is 5.57. The summed E-state index contributed by atoms with van der Waals surface area (Å²) in [5.41, 5.74) is 1.18. The number of hydrogen-bond acceptors (Lipinski definition) is 3. The van der Waals surface area contributed by atoms with Crippen LogP contribution in [0.4, 0.5) is 0 Å². The van der Waals surface area contributed by atoms with Gasteiger partial charge in [0.15, 0.2) is 9.84 Å². The van der Waals surface area contributed by atoms with Crippen LogP contribution >= 0.6 is 12.2 Å². The molecule has 1 saturated carbocycles. The average molecular weight is 258 g/mol. The lowest BCUT2D eigenvalue weighted by atomic mass is 10.3. The van der Waals surface area contributed by atoms with Crippen molar-refractivity contribution in [2.75, 3.05) is 11.5 Å². The normalized spacial score (nSPS) is 28.4. The van der Waals surface area contributed by atoms with Crippen molar-refractivity contribution in [3.63, 3.8) is 0 Å². The van der Waals surface area contributed by atoms with E-state index in [1.54, 1.807) is 0 Å². The quantitative estimate of drug-likeness (QED) is 0.823. The SMILES string of the molecule is O=S1(=O)CCC(n2[nH]c(C3CC3)cc2=S)C1. The number of sulfone groups is 1. The molecule has 0 spiro atoms. The molecule has 2 aliphatic rings. The molecule has 16 heavy (non-hydrogen) atoms. The molecule has 1 saturated heterocycles. The highest BCUT2D eigenvalue weighted by atomic mass is 32.2. The molecule has 0 aromatic carbocycles. The van der Waals surface area contributed by atoms with Crippen molar-refractivity contribution in [3.8, 4) is 0 Å². The molecule has 0 bridgehead atoms. The number of nitrogens with zero attached hydrogens (tertiary/aromatic N) is 1. The van der Waals surface area contributed by atoms with Gasteiger partial charge in [0.2, 0.25) is 0 Å². The van der Waals surface area contributed by atoms with Gasteiger partial charge in [0, 0.05) is 11.6 Å². The smallest absolute Gasteiger partial charge is 0.152 e.